The Morgan fingerprint density at radius 1 is 1.14 bits per heavy atom. The number of benzene rings is 1. The van der Waals surface area contributed by atoms with E-state index in [1.165, 1.54) is 11.3 Å². The number of fused-ring (bicyclic) bond motifs is 3. The molecule has 0 saturated carbocycles. The summed E-state index contributed by atoms with van der Waals surface area (Å²) in [6.45, 7) is 2.00. The number of aryl methyl sites for hydroxylation is 3. The van der Waals surface area contributed by atoms with E-state index >= 15 is 0 Å². The summed E-state index contributed by atoms with van der Waals surface area (Å²) in [5, 5.41) is 8.28. The van der Waals surface area contributed by atoms with E-state index in [0.717, 1.165) is 24.5 Å². The summed E-state index contributed by atoms with van der Waals surface area (Å²) in [5.41, 5.74) is 2.64. The number of hydrogen-bond acceptors (Lipinski definition) is 2. The van der Waals surface area contributed by atoms with Gasteiger partial charge in [-0.15, -0.1) is 10.2 Å². The van der Waals surface area contributed by atoms with Crippen LogP contribution in [-0.4, -0.2) is 14.8 Å². The molecule has 0 amide bonds. The second-order valence-electron chi connectivity index (χ2n) is 3.63. The van der Waals surface area contributed by atoms with Gasteiger partial charge in [0.25, 0.3) is 0 Å². The maximum atomic E-state index is 4.17. The van der Waals surface area contributed by atoms with Gasteiger partial charge in [0.2, 0.25) is 0 Å². The van der Waals surface area contributed by atoms with Crippen LogP contribution in [0.25, 0.3) is 5.69 Å². The molecule has 14 heavy (non-hydrogen) atoms. The van der Waals surface area contributed by atoms with Crippen molar-refractivity contribution in [3.05, 3.63) is 41.5 Å². The van der Waals surface area contributed by atoms with Crippen molar-refractivity contribution >= 4 is 0 Å². The van der Waals surface area contributed by atoms with Crippen molar-refractivity contribution in [3.8, 4) is 5.69 Å². The third-order valence-corrected chi connectivity index (χ3v) is 2.74. The van der Waals surface area contributed by atoms with Crippen LogP contribution in [0.5, 0.6) is 0 Å². The normalized spacial score (nSPS) is 13.5. The largest absolute Gasteiger partial charge is 0.283 e. The first-order chi connectivity index (χ1) is 6.86. The Labute approximate surface area is 82.4 Å². The molecule has 0 spiro atoms. The SMILES string of the molecule is Cc1nnc2n1-c1ccccc1CC2. The molecule has 1 aliphatic heterocycles. The predicted molar refractivity (Wildman–Crippen MR) is 53.5 cm³/mol. The van der Waals surface area contributed by atoms with Gasteiger partial charge in [0.1, 0.15) is 11.6 Å². The highest BCUT2D eigenvalue weighted by Gasteiger charge is 2.18. The lowest BCUT2D eigenvalue weighted by Gasteiger charge is -2.18. The van der Waals surface area contributed by atoms with Crippen LogP contribution in [0.3, 0.4) is 0 Å². The molecular formula is C11H11N3. The Morgan fingerprint density at radius 2 is 2.00 bits per heavy atom. The number of aromatic nitrogens is 3. The average molecular weight is 185 g/mol. The molecular weight excluding hydrogens is 174 g/mol. The molecule has 0 radical (unpaired) electrons. The van der Waals surface area contributed by atoms with E-state index in [0.29, 0.717) is 0 Å². The molecule has 0 atom stereocenters. The Morgan fingerprint density at radius 3 is 2.93 bits per heavy atom. The summed E-state index contributed by atoms with van der Waals surface area (Å²) < 4.78 is 2.15. The summed E-state index contributed by atoms with van der Waals surface area (Å²) in [5.74, 6) is 2.06. The van der Waals surface area contributed by atoms with E-state index in [-0.39, 0.29) is 0 Å². The molecule has 1 aliphatic rings. The van der Waals surface area contributed by atoms with E-state index in [2.05, 4.69) is 39.0 Å². The van der Waals surface area contributed by atoms with E-state index < -0.39 is 0 Å². The van der Waals surface area contributed by atoms with Crippen LogP contribution < -0.4 is 0 Å². The minimum atomic E-state index is 0.979. The van der Waals surface area contributed by atoms with E-state index in [1.54, 1.807) is 0 Å². The van der Waals surface area contributed by atoms with Crippen molar-refractivity contribution in [2.45, 2.75) is 19.8 Å². The molecule has 3 heteroatoms. The molecule has 0 aliphatic carbocycles. The summed E-state index contributed by atoms with van der Waals surface area (Å²) >= 11 is 0. The lowest BCUT2D eigenvalue weighted by molar-refractivity contribution is 0.766. The van der Waals surface area contributed by atoms with Crippen LogP contribution in [0.15, 0.2) is 24.3 Å². The Balaban J connectivity index is 2.32. The molecule has 0 bridgehead atoms. The monoisotopic (exact) mass is 185 g/mol. The third kappa shape index (κ3) is 0.923. The Hall–Kier alpha value is -1.64. The first-order valence-corrected chi connectivity index (χ1v) is 4.85. The van der Waals surface area contributed by atoms with Crippen LogP contribution in [0.4, 0.5) is 0 Å². The predicted octanol–water partition coefficient (Wildman–Crippen LogP) is 1.67. The lowest BCUT2D eigenvalue weighted by atomic mass is 10.0. The van der Waals surface area contributed by atoms with Gasteiger partial charge in [0.05, 0.1) is 5.69 Å². The van der Waals surface area contributed by atoms with E-state index in [1.807, 2.05) is 6.92 Å². The van der Waals surface area contributed by atoms with Crippen molar-refractivity contribution in [2.24, 2.45) is 0 Å². The molecule has 0 unspecified atom stereocenters. The first kappa shape index (κ1) is 7.74. The Kier molecular flexibility index (Phi) is 1.48. The second-order valence-corrected chi connectivity index (χ2v) is 3.63. The minimum Gasteiger partial charge on any atom is -0.283 e. The standard InChI is InChI=1S/C11H11N3/c1-8-12-13-11-7-6-9-4-2-3-5-10(9)14(8)11/h2-5H,6-7H2,1H3. The van der Waals surface area contributed by atoms with Crippen molar-refractivity contribution in [1.82, 2.24) is 14.8 Å². The molecule has 70 valence electrons. The molecule has 0 fully saturated rings. The zero-order chi connectivity index (χ0) is 9.54. The molecule has 0 saturated heterocycles. The fourth-order valence-corrected chi connectivity index (χ4v) is 2.07. The van der Waals surface area contributed by atoms with Gasteiger partial charge in [-0.3, -0.25) is 4.57 Å². The lowest BCUT2D eigenvalue weighted by Crippen LogP contribution is -2.12. The zero-order valence-corrected chi connectivity index (χ0v) is 8.07. The van der Waals surface area contributed by atoms with Crippen LogP contribution in [-0.2, 0) is 12.8 Å². The van der Waals surface area contributed by atoms with Crippen molar-refractivity contribution < 1.29 is 0 Å². The average Bonchev–Trinajstić information content (AvgIpc) is 2.61. The topological polar surface area (TPSA) is 30.7 Å². The first-order valence-electron chi connectivity index (χ1n) is 4.85. The fourth-order valence-electron chi connectivity index (χ4n) is 2.07. The summed E-state index contributed by atoms with van der Waals surface area (Å²) in [6.07, 6.45) is 2.08. The summed E-state index contributed by atoms with van der Waals surface area (Å²) in [6, 6.07) is 8.46. The maximum absolute atomic E-state index is 4.17. The van der Waals surface area contributed by atoms with Gasteiger partial charge >= 0.3 is 0 Å². The second kappa shape index (κ2) is 2.67. The van der Waals surface area contributed by atoms with Crippen LogP contribution in [0, 0.1) is 6.92 Å². The Bertz CT molecular complexity index is 485. The molecule has 3 nitrogen and oxygen atoms in total. The molecule has 3 rings (SSSR count). The number of nitrogens with zero attached hydrogens (tertiary/aromatic N) is 3. The van der Waals surface area contributed by atoms with Gasteiger partial charge < -0.3 is 0 Å². The van der Waals surface area contributed by atoms with Gasteiger partial charge in [-0.2, -0.15) is 0 Å². The van der Waals surface area contributed by atoms with E-state index in [9.17, 15) is 0 Å². The minimum absolute atomic E-state index is 0.979. The smallest absolute Gasteiger partial charge is 0.137 e. The van der Waals surface area contributed by atoms with Gasteiger partial charge in [-0.05, 0) is 25.0 Å². The van der Waals surface area contributed by atoms with Crippen molar-refractivity contribution in [3.63, 3.8) is 0 Å². The maximum Gasteiger partial charge on any atom is 0.137 e. The van der Waals surface area contributed by atoms with Gasteiger partial charge in [-0.25, -0.2) is 0 Å². The van der Waals surface area contributed by atoms with Crippen LogP contribution >= 0.6 is 0 Å². The van der Waals surface area contributed by atoms with Crippen molar-refractivity contribution in [2.75, 3.05) is 0 Å². The number of para-hydroxylation sites is 1. The highest BCUT2D eigenvalue weighted by Crippen LogP contribution is 2.24. The van der Waals surface area contributed by atoms with Crippen molar-refractivity contribution in [1.29, 1.82) is 0 Å². The van der Waals surface area contributed by atoms with E-state index in [4.69, 9.17) is 0 Å². The van der Waals surface area contributed by atoms with Gasteiger partial charge in [0.15, 0.2) is 0 Å². The number of rotatable bonds is 0. The molecule has 2 aromatic rings. The molecule has 1 aromatic carbocycles. The third-order valence-electron chi connectivity index (χ3n) is 2.74. The zero-order valence-electron chi connectivity index (χ0n) is 8.07. The van der Waals surface area contributed by atoms with Crippen LogP contribution in [0.1, 0.15) is 17.2 Å². The molecule has 0 N–H and O–H groups in total. The van der Waals surface area contributed by atoms with Gasteiger partial charge in [-0.1, -0.05) is 18.2 Å². The fraction of sp³-hybridized carbons (Fsp3) is 0.273. The van der Waals surface area contributed by atoms with Crippen LogP contribution in [0.2, 0.25) is 0 Å². The highest BCUT2D eigenvalue weighted by molar-refractivity contribution is 5.45. The molecule has 2 heterocycles. The quantitative estimate of drug-likeness (QED) is 0.625. The van der Waals surface area contributed by atoms with Gasteiger partial charge in [0, 0.05) is 6.42 Å². The highest BCUT2D eigenvalue weighted by atomic mass is 15.3. The number of hydrogen-bond donors (Lipinski definition) is 0. The summed E-state index contributed by atoms with van der Waals surface area (Å²) in [4.78, 5) is 0. The molecule has 1 aromatic heterocycles. The summed E-state index contributed by atoms with van der Waals surface area (Å²) in [7, 11) is 0.